The van der Waals surface area contributed by atoms with Crippen molar-refractivity contribution in [2.45, 2.75) is 19.9 Å². The Balaban J connectivity index is 2.76. The molecule has 1 atom stereocenters. The minimum atomic E-state index is -0.450. The van der Waals surface area contributed by atoms with Gasteiger partial charge in [-0.15, -0.1) is 6.42 Å². The van der Waals surface area contributed by atoms with Crippen LogP contribution in [0.25, 0.3) is 0 Å². The number of halogens is 2. The summed E-state index contributed by atoms with van der Waals surface area (Å²) in [5, 5.41) is 5.58. The molecule has 0 heterocycles. The topological polar surface area (TPSA) is 41.1 Å². The van der Waals surface area contributed by atoms with Crippen molar-refractivity contribution >= 4 is 27.5 Å². The summed E-state index contributed by atoms with van der Waals surface area (Å²) in [6, 6.07) is 2.56. The lowest BCUT2D eigenvalue weighted by molar-refractivity contribution is -0.121. The molecule has 1 aromatic carbocycles. The molecule has 2 N–H and O–H groups in total. The van der Waals surface area contributed by atoms with E-state index in [1.54, 1.807) is 19.9 Å². The Morgan fingerprint density at radius 2 is 2.28 bits per heavy atom. The van der Waals surface area contributed by atoms with E-state index in [0.29, 0.717) is 10.2 Å². The molecule has 18 heavy (non-hydrogen) atoms. The van der Waals surface area contributed by atoms with Gasteiger partial charge in [0.1, 0.15) is 11.9 Å². The molecule has 0 aliphatic rings. The Hall–Kier alpha value is -1.54. The molecule has 0 aromatic heterocycles. The number of nitrogens with one attached hydrogen (secondary N) is 2. The van der Waals surface area contributed by atoms with Crippen LogP contribution >= 0.6 is 15.9 Å². The van der Waals surface area contributed by atoms with Gasteiger partial charge in [0, 0.05) is 5.69 Å². The van der Waals surface area contributed by atoms with Gasteiger partial charge in [-0.25, -0.2) is 4.39 Å². The Morgan fingerprint density at radius 3 is 2.89 bits per heavy atom. The van der Waals surface area contributed by atoms with Crippen LogP contribution in [-0.4, -0.2) is 18.5 Å². The zero-order valence-corrected chi connectivity index (χ0v) is 11.8. The van der Waals surface area contributed by atoms with Gasteiger partial charge in [0.2, 0.25) is 5.91 Å². The minimum Gasteiger partial charge on any atom is -0.374 e. The van der Waals surface area contributed by atoms with Crippen LogP contribution in [0.15, 0.2) is 16.6 Å². The van der Waals surface area contributed by atoms with Crippen molar-refractivity contribution in [3.8, 4) is 12.3 Å². The summed E-state index contributed by atoms with van der Waals surface area (Å²) in [6.45, 7) is 3.67. The molecule has 0 fully saturated rings. The van der Waals surface area contributed by atoms with E-state index in [4.69, 9.17) is 6.42 Å². The maximum atomic E-state index is 13.2. The minimum absolute atomic E-state index is 0.191. The van der Waals surface area contributed by atoms with Crippen LogP contribution in [-0.2, 0) is 4.79 Å². The summed E-state index contributed by atoms with van der Waals surface area (Å²) >= 11 is 3.11. The SMILES string of the molecule is C#CCNC(=O)C(C)Nc1cc(Br)c(F)cc1C. The Bertz CT molecular complexity index is 496. The van der Waals surface area contributed by atoms with E-state index in [1.165, 1.54) is 6.07 Å². The molecule has 0 aliphatic carbocycles. The number of carbonyl (C=O) groups is 1. The Morgan fingerprint density at radius 1 is 1.61 bits per heavy atom. The zero-order valence-electron chi connectivity index (χ0n) is 10.2. The standard InChI is InChI=1S/C13H14BrFN2O/c1-4-5-16-13(18)9(3)17-12-7-10(14)11(15)6-8(12)2/h1,6-7,9,17H,5H2,2-3H3,(H,16,18). The molecule has 5 heteroatoms. The highest BCUT2D eigenvalue weighted by atomic mass is 79.9. The van der Waals surface area contributed by atoms with E-state index in [2.05, 4.69) is 32.5 Å². The van der Waals surface area contributed by atoms with E-state index in [9.17, 15) is 9.18 Å². The van der Waals surface area contributed by atoms with Crippen molar-refractivity contribution in [3.63, 3.8) is 0 Å². The second kappa shape index (κ2) is 6.41. The highest BCUT2D eigenvalue weighted by Crippen LogP contribution is 2.24. The van der Waals surface area contributed by atoms with E-state index in [0.717, 1.165) is 5.56 Å². The van der Waals surface area contributed by atoms with Crippen molar-refractivity contribution in [2.75, 3.05) is 11.9 Å². The van der Waals surface area contributed by atoms with Gasteiger partial charge in [0.25, 0.3) is 0 Å². The Kier molecular flexibility index (Phi) is 5.17. The highest BCUT2D eigenvalue weighted by molar-refractivity contribution is 9.10. The fourth-order valence-corrected chi connectivity index (χ4v) is 1.74. The summed E-state index contributed by atoms with van der Waals surface area (Å²) in [6.07, 6.45) is 5.06. The first-order chi connectivity index (χ1) is 8.45. The lowest BCUT2D eigenvalue weighted by atomic mass is 10.1. The van der Waals surface area contributed by atoms with Gasteiger partial charge in [-0.05, 0) is 47.5 Å². The number of amides is 1. The van der Waals surface area contributed by atoms with Crippen LogP contribution in [0.4, 0.5) is 10.1 Å². The zero-order chi connectivity index (χ0) is 13.7. The summed E-state index contributed by atoms with van der Waals surface area (Å²) in [4.78, 5) is 11.6. The molecule has 0 aliphatic heterocycles. The predicted molar refractivity (Wildman–Crippen MR) is 73.8 cm³/mol. The predicted octanol–water partition coefficient (Wildman–Crippen LogP) is 2.45. The van der Waals surface area contributed by atoms with Gasteiger partial charge < -0.3 is 10.6 Å². The number of hydrogen-bond donors (Lipinski definition) is 2. The number of anilines is 1. The molecule has 0 saturated heterocycles. The lowest BCUT2D eigenvalue weighted by Gasteiger charge is -2.16. The maximum absolute atomic E-state index is 13.2. The van der Waals surface area contributed by atoms with Crippen molar-refractivity contribution in [2.24, 2.45) is 0 Å². The van der Waals surface area contributed by atoms with Gasteiger partial charge in [0.05, 0.1) is 11.0 Å². The van der Waals surface area contributed by atoms with Gasteiger partial charge in [-0.3, -0.25) is 4.79 Å². The molecule has 1 aromatic rings. The second-order valence-corrected chi connectivity index (χ2v) is 4.72. The summed E-state index contributed by atoms with van der Waals surface area (Å²) in [7, 11) is 0. The molecule has 1 rings (SSSR count). The second-order valence-electron chi connectivity index (χ2n) is 3.87. The molecular formula is C13H14BrFN2O. The van der Waals surface area contributed by atoms with Crippen LogP contribution in [0.3, 0.4) is 0 Å². The van der Waals surface area contributed by atoms with Crippen LogP contribution in [0.5, 0.6) is 0 Å². The first-order valence-corrected chi connectivity index (χ1v) is 6.18. The van der Waals surface area contributed by atoms with Crippen molar-refractivity contribution in [1.29, 1.82) is 0 Å². The maximum Gasteiger partial charge on any atom is 0.242 e. The van der Waals surface area contributed by atoms with Crippen molar-refractivity contribution < 1.29 is 9.18 Å². The molecule has 0 saturated carbocycles. The molecule has 96 valence electrons. The third-order valence-corrected chi connectivity index (χ3v) is 3.00. The number of hydrogen-bond acceptors (Lipinski definition) is 2. The van der Waals surface area contributed by atoms with Crippen LogP contribution in [0.1, 0.15) is 12.5 Å². The number of benzene rings is 1. The molecular weight excluding hydrogens is 299 g/mol. The number of terminal acetylenes is 1. The quantitative estimate of drug-likeness (QED) is 0.839. The fraction of sp³-hybridized carbons (Fsp3) is 0.308. The smallest absolute Gasteiger partial charge is 0.242 e. The average molecular weight is 313 g/mol. The molecule has 1 unspecified atom stereocenters. The van der Waals surface area contributed by atoms with Crippen LogP contribution < -0.4 is 10.6 Å². The van der Waals surface area contributed by atoms with Gasteiger partial charge in [-0.2, -0.15) is 0 Å². The summed E-state index contributed by atoms with van der Waals surface area (Å²) in [5.41, 5.74) is 1.43. The van der Waals surface area contributed by atoms with E-state index >= 15 is 0 Å². The number of aryl methyl sites for hydroxylation is 1. The number of rotatable bonds is 4. The molecule has 0 radical (unpaired) electrons. The van der Waals surface area contributed by atoms with Gasteiger partial charge in [-0.1, -0.05) is 5.92 Å². The van der Waals surface area contributed by atoms with Crippen molar-refractivity contribution in [3.05, 3.63) is 28.0 Å². The first kappa shape index (κ1) is 14.5. The lowest BCUT2D eigenvalue weighted by Crippen LogP contribution is -2.37. The summed E-state index contributed by atoms with van der Waals surface area (Å²) < 4.78 is 13.6. The summed E-state index contributed by atoms with van der Waals surface area (Å²) in [5.74, 6) is 1.80. The molecule has 0 bridgehead atoms. The normalized spacial score (nSPS) is 11.5. The third-order valence-electron chi connectivity index (χ3n) is 2.40. The van der Waals surface area contributed by atoms with Gasteiger partial charge in [0.15, 0.2) is 0 Å². The van der Waals surface area contributed by atoms with E-state index in [-0.39, 0.29) is 18.3 Å². The van der Waals surface area contributed by atoms with Crippen LogP contribution in [0.2, 0.25) is 0 Å². The number of carbonyl (C=O) groups excluding carboxylic acids is 1. The van der Waals surface area contributed by atoms with E-state index in [1.807, 2.05) is 0 Å². The van der Waals surface area contributed by atoms with Gasteiger partial charge >= 0.3 is 0 Å². The fourth-order valence-electron chi connectivity index (χ4n) is 1.39. The van der Waals surface area contributed by atoms with E-state index < -0.39 is 6.04 Å². The van der Waals surface area contributed by atoms with Crippen LogP contribution in [0, 0.1) is 25.1 Å². The van der Waals surface area contributed by atoms with Crippen molar-refractivity contribution in [1.82, 2.24) is 5.32 Å². The third kappa shape index (κ3) is 3.74. The Labute approximate surface area is 114 Å². The first-order valence-electron chi connectivity index (χ1n) is 5.39. The average Bonchev–Trinajstić information content (AvgIpc) is 2.32. The molecule has 3 nitrogen and oxygen atoms in total. The molecule has 0 spiro atoms. The highest BCUT2D eigenvalue weighted by Gasteiger charge is 2.13. The largest absolute Gasteiger partial charge is 0.374 e. The molecule has 1 amide bonds. The monoisotopic (exact) mass is 312 g/mol.